The van der Waals surface area contributed by atoms with Crippen LogP contribution in [0, 0.1) is 0 Å². The third kappa shape index (κ3) is 2.50. The molecule has 0 aromatic heterocycles. The topological polar surface area (TPSA) is 21.3 Å². The van der Waals surface area contributed by atoms with Crippen LogP contribution in [0.3, 0.4) is 0 Å². The molecule has 14 heavy (non-hydrogen) atoms. The quantitative estimate of drug-likeness (QED) is 0.809. The summed E-state index contributed by atoms with van der Waals surface area (Å²) in [5.41, 5.74) is 2.67. The highest BCUT2D eigenvalue weighted by molar-refractivity contribution is 5.85. The van der Waals surface area contributed by atoms with E-state index >= 15 is 0 Å². The smallest absolute Gasteiger partial charge is 0.119 e. The Bertz CT molecular complexity index is 330. The van der Waals surface area contributed by atoms with Crippen LogP contribution in [0.15, 0.2) is 29.8 Å². The predicted molar refractivity (Wildman–Crippen MR) is 61.1 cm³/mol. The lowest BCUT2D eigenvalue weighted by molar-refractivity contribution is 0.414. The molecular weight excluding hydrogens is 198 g/mol. The maximum absolute atomic E-state index is 5.14. The maximum atomic E-state index is 5.14. The molecule has 1 N–H and O–H groups in total. The van der Waals surface area contributed by atoms with Crippen LogP contribution in [0.5, 0.6) is 5.75 Å². The van der Waals surface area contributed by atoms with Gasteiger partial charge in [0.15, 0.2) is 0 Å². The van der Waals surface area contributed by atoms with E-state index in [1.165, 1.54) is 11.1 Å². The van der Waals surface area contributed by atoms with Crippen molar-refractivity contribution in [1.29, 1.82) is 0 Å². The van der Waals surface area contributed by atoms with E-state index in [2.05, 4.69) is 17.5 Å². The van der Waals surface area contributed by atoms with Crippen molar-refractivity contribution >= 4 is 18.5 Å². The van der Waals surface area contributed by atoms with Crippen LogP contribution in [0.4, 0.5) is 0 Å². The van der Waals surface area contributed by atoms with Crippen molar-refractivity contribution in [3.05, 3.63) is 35.4 Å². The molecule has 1 aromatic rings. The van der Waals surface area contributed by atoms with E-state index in [1.54, 1.807) is 7.11 Å². The van der Waals surface area contributed by atoms with Gasteiger partial charge in [0, 0.05) is 13.1 Å². The van der Waals surface area contributed by atoms with Crippen molar-refractivity contribution in [1.82, 2.24) is 5.32 Å². The van der Waals surface area contributed by atoms with Gasteiger partial charge in [0.2, 0.25) is 0 Å². The average Bonchev–Trinajstić information content (AvgIpc) is 2.12. The number of rotatable bonds is 2. The molecular formula is C11H14ClNO. The number of hydrogen-bond donors (Lipinski definition) is 1. The first-order valence-electron chi connectivity index (χ1n) is 4.43. The lowest BCUT2D eigenvalue weighted by Crippen LogP contribution is -2.33. The van der Waals surface area contributed by atoms with Gasteiger partial charge in [0.05, 0.1) is 7.11 Å². The maximum Gasteiger partial charge on any atom is 0.119 e. The molecule has 1 aromatic carbocycles. The summed E-state index contributed by atoms with van der Waals surface area (Å²) < 4.78 is 5.14. The molecule has 2 nitrogen and oxygen atoms in total. The Labute approximate surface area is 90.4 Å². The van der Waals surface area contributed by atoms with Crippen molar-refractivity contribution in [2.45, 2.75) is 0 Å². The summed E-state index contributed by atoms with van der Waals surface area (Å²) >= 11 is 0. The highest BCUT2D eigenvalue weighted by Gasteiger charge is 2.06. The molecule has 0 bridgehead atoms. The van der Waals surface area contributed by atoms with E-state index < -0.39 is 0 Å². The second kappa shape index (κ2) is 5.03. The summed E-state index contributed by atoms with van der Waals surface area (Å²) in [5, 5.41) is 3.21. The number of nitrogens with one attached hydrogen (secondary N) is 1. The van der Waals surface area contributed by atoms with Gasteiger partial charge in [-0.1, -0.05) is 18.2 Å². The first kappa shape index (κ1) is 11.1. The van der Waals surface area contributed by atoms with Crippen molar-refractivity contribution in [3.8, 4) is 5.75 Å². The second-order valence-corrected chi connectivity index (χ2v) is 3.18. The highest BCUT2D eigenvalue weighted by atomic mass is 35.5. The predicted octanol–water partition coefficient (Wildman–Crippen LogP) is 2.10. The van der Waals surface area contributed by atoms with Gasteiger partial charge < -0.3 is 10.1 Å². The minimum atomic E-state index is 0. The van der Waals surface area contributed by atoms with Gasteiger partial charge in [-0.3, -0.25) is 0 Å². The Kier molecular flexibility index (Phi) is 3.98. The molecule has 3 heteroatoms. The van der Waals surface area contributed by atoms with Crippen LogP contribution in [0.2, 0.25) is 0 Å². The number of halogens is 1. The fraction of sp³-hybridized carbons (Fsp3) is 0.273. The minimum Gasteiger partial charge on any atom is -0.497 e. The van der Waals surface area contributed by atoms with E-state index in [1.807, 2.05) is 18.2 Å². The lowest BCUT2D eigenvalue weighted by atomic mass is 10.1. The van der Waals surface area contributed by atoms with E-state index in [0.717, 1.165) is 18.8 Å². The molecule has 1 heterocycles. The third-order valence-corrected chi connectivity index (χ3v) is 2.17. The normalized spacial score (nSPS) is 13.9. The summed E-state index contributed by atoms with van der Waals surface area (Å²) in [6.07, 6.45) is 2.21. The monoisotopic (exact) mass is 211 g/mol. The molecule has 1 aliphatic rings. The Morgan fingerprint density at radius 3 is 2.71 bits per heavy atom. The number of benzene rings is 1. The van der Waals surface area contributed by atoms with Crippen LogP contribution < -0.4 is 10.1 Å². The number of ether oxygens (including phenoxy) is 1. The van der Waals surface area contributed by atoms with Crippen LogP contribution >= 0.6 is 12.4 Å². The molecule has 0 amide bonds. The van der Waals surface area contributed by atoms with Gasteiger partial charge in [-0.2, -0.15) is 0 Å². The van der Waals surface area contributed by atoms with E-state index in [4.69, 9.17) is 4.74 Å². The number of methoxy groups -OCH3 is 1. The fourth-order valence-electron chi connectivity index (χ4n) is 1.34. The Morgan fingerprint density at radius 2 is 2.14 bits per heavy atom. The minimum absolute atomic E-state index is 0. The molecule has 0 atom stereocenters. The van der Waals surface area contributed by atoms with Gasteiger partial charge >= 0.3 is 0 Å². The number of hydrogen-bond acceptors (Lipinski definition) is 2. The zero-order valence-electron chi connectivity index (χ0n) is 8.12. The molecule has 1 fully saturated rings. The molecule has 2 rings (SSSR count). The van der Waals surface area contributed by atoms with Crippen molar-refractivity contribution in [2.75, 3.05) is 20.2 Å². The summed E-state index contributed by atoms with van der Waals surface area (Å²) in [7, 11) is 1.69. The molecule has 0 radical (unpaired) electrons. The Morgan fingerprint density at radius 1 is 1.36 bits per heavy atom. The van der Waals surface area contributed by atoms with Crippen molar-refractivity contribution in [2.24, 2.45) is 0 Å². The second-order valence-electron chi connectivity index (χ2n) is 3.18. The van der Waals surface area contributed by atoms with E-state index in [-0.39, 0.29) is 12.4 Å². The fourth-order valence-corrected chi connectivity index (χ4v) is 1.34. The lowest BCUT2D eigenvalue weighted by Gasteiger charge is -2.18. The first-order chi connectivity index (χ1) is 6.38. The molecule has 76 valence electrons. The highest BCUT2D eigenvalue weighted by Crippen LogP contribution is 2.16. The summed E-state index contributed by atoms with van der Waals surface area (Å²) in [4.78, 5) is 0. The summed E-state index contributed by atoms with van der Waals surface area (Å²) in [6, 6.07) is 8.11. The summed E-state index contributed by atoms with van der Waals surface area (Å²) in [5.74, 6) is 0.918. The van der Waals surface area contributed by atoms with Gasteiger partial charge in [0.25, 0.3) is 0 Å². The molecule has 1 aliphatic heterocycles. The van der Waals surface area contributed by atoms with Gasteiger partial charge in [-0.15, -0.1) is 12.4 Å². The first-order valence-corrected chi connectivity index (χ1v) is 4.43. The Hall–Kier alpha value is -0.990. The van der Waals surface area contributed by atoms with Crippen LogP contribution in [-0.4, -0.2) is 20.2 Å². The van der Waals surface area contributed by atoms with Gasteiger partial charge in [-0.05, 0) is 23.3 Å². The third-order valence-electron chi connectivity index (χ3n) is 2.17. The SMILES string of the molecule is COc1cccc(C=C2CNC2)c1.Cl. The summed E-state index contributed by atoms with van der Waals surface area (Å²) in [6.45, 7) is 2.05. The zero-order valence-corrected chi connectivity index (χ0v) is 8.93. The Balaban J connectivity index is 0.000000980. The van der Waals surface area contributed by atoms with Crippen molar-refractivity contribution in [3.63, 3.8) is 0 Å². The van der Waals surface area contributed by atoms with Crippen LogP contribution in [-0.2, 0) is 0 Å². The zero-order chi connectivity index (χ0) is 9.10. The van der Waals surface area contributed by atoms with Crippen molar-refractivity contribution < 1.29 is 4.74 Å². The molecule has 1 saturated heterocycles. The van der Waals surface area contributed by atoms with Crippen LogP contribution in [0.25, 0.3) is 6.08 Å². The molecule has 0 unspecified atom stereocenters. The van der Waals surface area contributed by atoms with Crippen LogP contribution in [0.1, 0.15) is 5.56 Å². The molecule has 0 saturated carbocycles. The molecule has 0 spiro atoms. The standard InChI is InChI=1S/C11H13NO.ClH/c1-13-11-4-2-3-9(6-11)5-10-7-12-8-10;/h2-6,12H,7-8H2,1H3;1H. The average molecular weight is 212 g/mol. The van der Waals surface area contributed by atoms with E-state index in [0.29, 0.717) is 0 Å². The molecule has 0 aliphatic carbocycles. The largest absolute Gasteiger partial charge is 0.497 e. The van der Waals surface area contributed by atoms with Gasteiger partial charge in [0.1, 0.15) is 5.75 Å². The van der Waals surface area contributed by atoms with E-state index in [9.17, 15) is 0 Å². The van der Waals surface area contributed by atoms with Gasteiger partial charge in [-0.25, -0.2) is 0 Å².